The van der Waals surface area contributed by atoms with Crippen molar-refractivity contribution in [3.8, 4) is 0 Å². The molecule has 0 aliphatic carbocycles. The van der Waals surface area contributed by atoms with Gasteiger partial charge in [-0.2, -0.15) is 11.8 Å². The highest BCUT2D eigenvalue weighted by atomic mass is 32.2. The fourth-order valence-corrected chi connectivity index (χ4v) is 3.47. The molecule has 0 heterocycles. The maximum atomic E-state index is 13.1. The molecule has 5 unspecified atom stereocenters. The van der Waals surface area contributed by atoms with Crippen molar-refractivity contribution in [1.29, 1.82) is 0 Å². The van der Waals surface area contributed by atoms with Crippen LogP contribution in [0.1, 0.15) is 25.3 Å². The van der Waals surface area contributed by atoms with Gasteiger partial charge in [-0.05, 0) is 30.9 Å². The van der Waals surface area contributed by atoms with Gasteiger partial charge in [0.15, 0.2) is 0 Å². The predicted octanol–water partition coefficient (Wildman–Crippen LogP) is -1.90. The minimum absolute atomic E-state index is 0.0152. The van der Waals surface area contributed by atoms with Crippen LogP contribution in [-0.4, -0.2) is 82.1 Å². The summed E-state index contributed by atoms with van der Waals surface area (Å²) in [5, 5.41) is 26.1. The number of amides is 4. The Morgan fingerprint density at radius 2 is 1.49 bits per heavy atom. The minimum atomic E-state index is -1.48. The third-order valence-corrected chi connectivity index (χ3v) is 5.65. The van der Waals surface area contributed by atoms with E-state index in [0.717, 1.165) is 0 Å². The molecule has 0 saturated carbocycles. The van der Waals surface area contributed by atoms with Crippen molar-refractivity contribution >= 4 is 41.4 Å². The Bertz CT molecular complexity index is 884. The lowest BCUT2D eigenvalue weighted by Gasteiger charge is -2.25. The smallest absolute Gasteiger partial charge is 0.326 e. The number of hydrogen-bond donors (Lipinski definition) is 7. The van der Waals surface area contributed by atoms with Gasteiger partial charge in [0.2, 0.25) is 23.6 Å². The summed E-state index contributed by atoms with van der Waals surface area (Å²) in [6.07, 6.45) is 0.149. The number of nitrogens with two attached hydrogens (primary N) is 2. The molecule has 0 saturated heterocycles. The molecular formula is C22H33N5O7S. The van der Waals surface area contributed by atoms with Crippen LogP contribution < -0.4 is 27.4 Å². The highest BCUT2D eigenvalue weighted by molar-refractivity contribution is 7.98. The quantitative estimate of drug-likeness (QED) is 0.140. The first-order valence-corrected chi connectivity index (χ1v) is 12.2. The molecule has 0 aliphatic rings. The first-order chi connectivity index (χ1) is 16.5. The fourth-order valence-electron chi connectivity index (χ4n) is 2.99. The van der Waals surface area contributed by atoms with Crippen molar-refractivity contribution in [1.82, 2.24) is 16.0 Å². The zero-order valence-electron chi connectivity index (χ0n) is 19.6. The molecule has 0 spiro atoms. The normalized spacial score (nSPS) is 15.1. The van der Waals surface area contributed by atoms with Crippen LogP contribution in [0.5, 0.6) is 0 Å². The van der Waals surface area contributed by atoms with Crippen molar-refractivity contribution in [3.05, 3.63) is 35.9 Å². The van der Waals surface area contributed by atoms with E-state index < -0.39 is 66.3 Å². The Kier molecular flexibility index (Phi) is 12.8. The molecule has 0 radical (unpaired) electrons. The van der Waals surface area contributed by atoms with Crippen LogP contribution in [0.4, 0.5) is 0 Å². The van der Waals surface area contributed by atoms with Gasteiger partial charge in [0.05, 0.1) is 12.5 Å². The molecule has 9 N–H and O–H groups in total. The second-order valence-electron chi connectivity index (χ2n) is 7.93. The Balaban J connectivity index is 3.09. The number of primary amides is 1. The molecule has 12 nitrogen and oxygen atoms in total. The van der Waals surface area contributed by atoms with Crippen molar-refractivity contribution in [2.45, 2.75) is 56.5 Å². The first-order valence-electron chi connectivity index (χ1n) is 10.8. The molecule has 0 fully saturated rings. The number of benzene rings is 1. The molecule has 194 valence electrons. The molecule has 35 heavy (non-hydrogen) atoms. The van der Waals surface area contributed by atoms with Crippen LogP contribution in [0.15, 0.2) is 30.3 Å². The predicted molar refractivity (Wildman–Crippen MR) is 130 cm³/mol. The Labute approximate surface area is 207 Å². The summed E-state index contributed by atoms with van der Waals surface area (Å²) < 4.78 is 0. The maximum Gasteiger partial charge on any atom is 0.326 e. The van der Waals surface area contributed by atoms with E-state index in [1.165, 1.54) is 18.7 Å². The van der Waals surface area contributed by atoms with Gasteiger partial charge in [0.25, 0.3) is 0 Å². The van der Waals surface area contributed by atoms with E-state index in [0.29, 0.717) is 11.3 Å². The molecule has 0 aromatic heterocycles. The van der Waals surface area contributed by atoms with Gasteiger partial charge in [-0.1, -0.05) is 30.3 Å². The van der Waals surface area contributed by atoms with Crippen molar-refractivity contribution in [3.63, 3.8) is 0 Å². The minimum Gasteiger partial charge on any atom is -0.480 e. The van der Waals surface area contributed by atoms with Gasteiger partial charge in [-0.25, -0.2) is 4.79 Å². The second kappa shape index (κ2) is 15.0. The maximum absolute atomic E-state index is 13.1. The lowest BCUT2D eigenvalue weighted by atomic mass is 10.0. The summed E-state index contributed by atoms with van der Waals surface area (Å²) in [7, 11) is 0. The lowest BCUT2D eigenvalue weighted by molar-refractivity contribution is -0.142. The zero-order valence-corrected chi connectivity index (χ0v) is 20.4. The second-order valence-corrected chi connectivity index (χ2v) is 8.92. The van der Waals surface area contributed by atoms with Crippen LogP contribution in [0.2, 0.25) is 0 Å². The number of thioether (sulfide) groups is 1. The lowest BCUT2D eigenvalue weighted by Crippen LogP contribution is -2.59. The third-order valence-electron chi connectivity index (χ3n) is 5.00. The molecule has 0 bridgehead atoms. The molecular weight excluding hydrogens is 478 g/mol. The summed E-state index contributed by atoms with van der Waals surface area (Å²) >= 11 is 1.39. The van der Waals surface area contributed by atoms with E-state index in [2.05, 4.69) is 16.0 Å². The van der Waals surface area contributed by atoms with E-state index in [1.807, 2.05) is 0 Å². The summed E-state index contributed by atoms with van der Waals surface area (Å²) in [4.78, 5) is 61.3. The number of carbonyl (C=O) groups is 5. The van der Waals surface area contributed by atoms with Gasteiger partial charge in [0, 0.05) is 6.42 Å². The highest BCUT2D eigenvalue weighted by Gasteiger charge is 2.31. The highest BCUT2D eigenvalue weighted by Crippen LogP contribution is 2.07. The number of carboxylic acids is 1. The number of rotatable bonds is 15. The fraction of sp³-hybridized carbons (Fsp3) is 0.500. The van der Waals surface area contributed by atoms with Crippen LogP contribution in [-0.2, 0) is 30.4 Å². The SMILES string of the molecule is CSCCC(NC(=O)C(CC(N)=O)NC(=O)C(Cc1ccccc1)NC(=O)C(N)C(C)O)C(=O)O. The van der Waals surface area contributed by atoms with Crippen LogP contribution in [0.25, 0.3) is 0 Å². The number of carboxylic acid groups (broad SMARTS) is 1. The summed E-state index contributed by atoms with van der Waals surface area (Å²) in [6, 6.07) is 3.44. The van der Waals surface area contributed by atoms with Crippen molar-refractivity contribution in [2.75, 3.05) is 12.0 Å². The van der Waals surface area contributed by atoms with E-state index >= 15 is 0 Å². The first kappa shape index (κ1) is 29.9. The standard InChI is InChI=1S/C22H33N5O7S/c1-12(28)18(24)21(32)27-15(10-13-6-4-3-5-7-13)19(30)26-16(11-17(23)29)20(31)25-14(22(33)34)8-9-35-2/h3-7,12,14-16,18,28H,8-11,24H2,1-2H3,(H2,23,29)(H,25,31)(H,26,30)(H,27,32)(H,33,34). The van der Waals surface area contributed by atoms with Gasteiger partial charge in [-0.3, -0.25) is 19.2 Å². The zero-order chi connectivity index (χ0) is 26.5. The van der Waals surface area contributed by atoms with E-state index in [4.69, 9.17) is 11.5 Å². The Hall–Kier alpha value is -3.16. The van der Waals surface area contributed by atoms with Gasteiger partial charge in [-0.15, -0.1) is 0 Å². The van der Waals surface area contributed by atoms with E-state index in [1.54, 1.807) is 36.6 Å². The molecule has 1 rings (SSSR count). The molecule has 5 atom stereocenters. The van der Waals surface area contributed by atoms with Crippen molar-refractivity contribution < 1.29 is 34.2 Å². The van der Waals surface area contributed by atoms with Crippen LogP contribution >= 0.6 is 11.8 Å². The monoisotopic (exact) mass is 511 g/mol. The number of hydrogen-bond acceptors (Lipinski definition) is 8. The van der Waals surface area contributed by atoms with Gasteiger partial charge in [0.1, 0.15) is 24.2 Å². The number of aliphatic hydroxyl groups is 1. The van der Waals surface area contributed by atoms with Gasteiger partial charge >= 0.3 is 5.97 Å². The van der Waals surface area contributed by atoms with Crippen LogP contribution in [0, 0.1) is 0 Å². The summed E-state index contributed by atoms with van der Waals surface area (Å²) in [5.41, 5.74) is 11.6. The molecule has 1 aromatic rings. The number of aliphatic hydroxyl groups excluding tert-OH is 1. The topological polar surface area (TPSA) is 214 Å². The Morgan fingerprint density at radius 3 is 2.00 bits per heavy atom. The molecule has 4 amide bonds. The molecule has 0 aliphatic heterocycles. The molecule has 13 heteroatoms. The Morgan fingerprint density at radius 1 is 0.943 bits per heavy atom. The molecule has 1 aromatic carbocycles. The van der Waals surface area contributed by atoms with Crippen LogP contribution in [0.3, 0.4) is 0 Å². The number of aliphatic carboxylic acids is 1. The number of carbonyl (C=O) groups excluding carboxylic acids is 4. The van der Waals surface area contributed by atoms with E-state index in [9.17, 15) is 34.2 Å². The summed E-state index contributed by atoms with van der Waals surface area (Å²) in [6.45, 7) is 1.32. The average Bonchev–Trinajstić information content (AvgIpc) is 2.80. The van der Waals surface area contributed by atoms with E-state index in [-0.39, 0.29) is 12.8 Å². The number of nitrogens with one attached hydrogen (secondary N) is 3. The average molecular weight is 512 g/mol. The third kappa shape index (κ3) is 10.8. The largest absolute Gasteiger partial charge is 0.480 e. The van der Waals surface area contributed by atoms with Gasteiger partial charge < -0.3 is 37.6 Å². The summed E-state index contributed by atoms with van der Waals surface area (Å²) in [5.74, 6) is -4.23. The van der Waals surface area contributed by atoms with Crippen molar-refractivity contribution in [2.24, 2.45) is 11.5 Å².